The van der Waals surface area contributed by atoms with E-state index in [4.69, 9.17) is 0 Å². The molecule has 0 radical (unpaired) electrons. The normalized spacial score (nSPS) is 9.67. The molecule has 0 fully saturated rings. The standard InChI is InChI=1S/C7H12N2/c1-5-4-9-7(8-3)6(5)2/h4,8-9H,1-3H3. The molecule has 0 saturated heterocycles. The van der Waals surface area contributed by atoms with E-state index in [-0.39, 0.29) is 0 Å². The number of aromatic nitrogens is 1. The minimum atomic E-state index is 1.12. The Morgan fingerprint density at radius 3 is 2.33 bits per heavy atom. The Morgan fingerprint density at radius 2 is 2.11 bits per heavy atom. The molecular weight excluding hydrogens is 112 g/mol. The van der Waals surface area contributed by atoms with Crippen LogP contribution in [-0.4, -0.2) is 12.0 Å². The smallest absolute Gasteiger partial charge is 0.106 e. The second-order valence-corrected chi connectivity index (χ2v) is 2.22. The lowest BCUT2D eigenvalue weighted by atomic mass is 10.2. The zero-order chi connectivity index (χ0) is 6.85. The van der Waals surface area contributed by atoms with Gasteiger partial charge in [-0.25, -0.2) is 0 Å². The van der Waals surface area contributed by atoms with Crippen molar-refractivity contribution in [1.82, 2.24) is 4.98 Å². The fraction of sp³-hybridized carbons (Fsp3) is 0.429. The quantitative estimate of drug-likeness (QED) is 0.585. The van der Waals surface area contributed by atoms with Crippen LogP contribution in [-0.2, 0) is 0 Å². The SMILES string of the molecule is CNc1[nH]cc(C)c1C. The lowest BCUT2D eigenvalue weighted by Crippen LogP contribution is -1.89. The maximum Gasteiger partial charge on any atom is 0.106 e. The fourth-order valence-corrected chi connectivity index (χ4v) is 0.854. The van der Waals surface area contributed by atoms with Gasteiger partial charge in [0.2, 0.25) is 0 Å². The number of rotatable bonds is 1. The predicted octanol–water partition coefficient (Wildman–Crippen LogP) is 1.67. The Balaban J connectivity index is 3.04. The first-order valence-corrected chi connectivity index (χ1v) is 3.08. The summed E-state index contributed by atoms with van der Waals surface area (Å²) in [6.07, 6.45) is 2.00. The van der Waals surface area contributed by atoms with E-state index in [2.05, 4.69) is 24.1 Å². The first-order chi connectivity index (χ1) is 4.25. The molecule has 1 aromatic rings. The van der Waals surface area contributed by atoms with Crippen molar-refractivity contribution >= 4 is 5.82 Å². The summed E-state index contributed by atoms with van der Waals surface area (Å²) < 4.78 is 0. The highest BCUT2D eigenvalue weighted by Gasteiger charge is 1.98. The first kappa shape index (κ1) is 6.20. The van der Waals surface area contributed by atoms with Gasteiger partial charge in [0.05, 0.1) is 0 Å². The molecule has 0 aliphatic heterocycles. The van der Waals surface area contributed by atoms with E-state index in [1.165, 1.54) is 11.1 Å². The van der Waals surface area contributed by atoms with Crippen LogP contribution in [0, 0.1) is 13.8 Å². The largest absolute Gasteiger partial charge is 0.374 e. The van der Waals surface area contributed by atoms with Crippen LogP contribution in [0.5, 0.6) is 0 Å². The number of hydrogen-bond acceptors (Lipinski definition) is 1. The molecular formula is C7H12N2. The average molecular weight is 124 g/mol. The molecule has 9 heavy (non-hydrogen) atoms. The van der Waals surface area contributed by atoms with Crippen molar-refractivity contribution in [3.8, 4) is 0 Å². The molecule has 0 bridgehead atoms. The van der Waals surface area contributed by atoms with Gasteiger partial charge in [-0.2, -0.15) is 0 Å². The lowest BCUT2D eigenvalue weighted by molar-refractivity contribution is 1.32. The number of H-pyrrole nitrogens is 1. The second kappa shape index (κ2) is 2.13. The van der Waals surface area contributed by atoms with Crippen molar-refractivity contribution in [3.63, 3.8) is 0 Å². The molecule has 2 N–H and O–H groups in total. The molecule has 1 aromatic heterocycles. The van der Waals surface area contributed by atoms with Crippen LogP contribution < -0.4 is 5.32 Å². The van der Waals surface area contributed by atoms with Crippen molar-refractivity contribution in [3.05, 3.63) is 17.3 Å². The maximum absolute atomic E-state index is 3.11. The van der Waals surface area contributed by atoms with Gasteiger partial charge in [0.15, 0.2) is 0 Å². The zero-order valence-electron chi connectivity index (χ0n) is 6.08. The molecule has 0 spiro atoms. The Kier molecular flexibility index (Phi) is 1.47. The van der Waals surface area contributed by atoms with E-state index in [1.807, 2.05) is 13.2 Å². The van der Waals surface area contributed by atoms with Crippen LogP contribution in [0.1, 0.15) is 11.1 Å². The minimum Gasteiger partial charge on any atom is -0.374 e. The van der Waals surface area contributed by atoms with E-state index in [0.29, 0.717) is 0 Å². The number of aromatic amines is 1. The minimum absolute atomic E-state index is 1.12. The summed E-state index contributed by atoms with van der Waals surface area (Å²) in [5.41, 5.74) is 2.61. The molecule has 0 aliphatic carbocycles. The summed E-state index contributed by atoms with van der Waals surface area (Å²) in [4.78, 5) is 3.11. The molecule has 1 heterocycles. The van der Waals surface area contributed by atoms with Gasteiger partial charge in [-0.3, -0.25) is 0 Å². The highest BCUT2D eigenvalue weighted by atomic mass is 15.0. The summed E-state index contributed by atoms with van der Waals surface area (Å²) >= 11 is 0. The number of nitrogens with one attached hydrogen (secondary N) is 2. The number of anilines is 1. The van der Waals surface area contributed by atoms with Crippen LogP contribution in [0.25, 0.3) is 0 Å². The summed E-state index contributed by atoms with van der Waals surface area (Å²) in [5.74, 6) is 1.12. The highest BCUT2D eigenvalue weighted by molar-refractivity contribution is 5.47. The van der Waals surface area contributed by atoms with Gasteiger partial charge in [0.25, 0.3) is 0 Å². The third-order valence-electron chi connectivity index (χ3n) is 1.65. The fourth-order valence-electron chi connectivity index (χ4n) is 0.854. The maximum atomic E-state index is 3.11. The van der Waals surface area contributed by atoms with Gasteiger partial charge in [-0.15, -0.1) is 0 Å². The molecule has 0 amide bonds. The van der Waals surface area contributed by atoms with Gasteiger partial charge in [-0.05, 0) is 25.0 Å². The van der Waals surface area contributed by atoms with Gasteiger partial charge >= 0.3 is 0 Å². The van der Waals surface area contributed by atoms with Crippen LogP contribution in [0.2, 0.25) is 0 Å². The Hall–Kier alpha value is -0.920. The highest BCUT2D eigenvalue weighted by Crippen LogP contribution is 2.14. The van der Waals surface area contributed by atoms with E-state index in [0.717, 1.165) is 5.82 Å². The monoisotopic (exact) mass is 124 g/mol. The van der Waals surface area contributed by atoms with Crippen molar-refractivity contribution < 1.29 is 0 Å². The van der Waals surface area contributed by atoms with Crippen LogP contribution in [0.3, 0.4) is 0 Å². The lowest BCUT2D eigenvalue weighted by Gasteiger charge is -1.95. The first-order valence-electron chi connectivity index (χ1n) is 3.08. The molecule has 0 saturated carbocycles. The predicted molar refractivity (Wildman–Crippen MR) is 39.8 cm³/mol. The third-order valence-corrected chi connectivity index (χ3v) is 1.65. The molecule has 0 atom stereocenters. The summed E-state index contributed by atoms with van der Waals surface area (Å²) in [5, 5.41) is 3.06. The third kappa shape index (κ3) is 0.922. The van der Waals surface area contributed by atoms with Gasteiger partial charge in [0.1, 0.15) is 5.82 Å². The second-order valence-electron chi connectivity index (χ2n) is 2.22. The molecule has 0 aliphatic rings. The molecule has 0 unspecified atom stereocenters. The van der Waals surface area contributed by atoms with Crippen molar-refractivity contribution in [1.29, 1.82) is 0 Å². The van der Waals surface area contributed by atoms with Crippen LogP contribution >= 0.6 is 0 Å². The van der Waals surface area contributed by atoms with E-state index in [1.54, 1.807) is 0 Å². The number of aryl methyl sites for hydroxylation is 1. The van der Waals surface area contributed by atoms with Gasteiger partial charge in [0, 0.05) is 13.2 Å². The Labute approximate surface area is 55.3 Å². The average Bonchev–Trinajstić information content (AvgIpc) is 2.15. The Morgan fingerprint density at radius 1 is 1.44 bits per heavy atom. The van der Waals surface area contributed by atoms with Crippen LogP contribution in [0.4, 0.5) is 5.82 Å². The summed E-state index contributed by atoms with van der Waals surface area (Å²) in [6.45, 7) is 4.18. The molecule has 50 valence electrons. The van der Waals surface area contributed by atoms with Gasteiger partial charge < -0.3 is 10.3 Å². The molecule has 2 heteroatoms. The Bertz CT molecular complexity index is 201. The number of hydrogen-bond donors (Lipinski definition) is 2. The van der Waals surface area contributed by atoms with Crippen molar-refractivity contribution in [2.75, 3.05) is 12.4 Å². The topological polar surface area (TPSA) is 27.8 Å². The van der Waals surface area contributed by atoms with Crippen molar-refractivity contribution in [2.24, 2.45) is 0 Å². The van der Waals surface area contributed by atoms with Gasteiger partial charge in [-0.1, -0.05) is 0 Å². The summed E-state index contributed by atoms with van der Waals surface area (Å²) in [6, 6.07) is 0. The van der Waals surface area contributed by atoms with Crippen molar-refractivity contribution in [2.45, 2.75) is 13.8 Å². The zero-order valence-corrected chi connectivity index (χ0v) is 6.08. The summed E-state index contributed by atoms with van der Waals surface area (Å²) in [7, 11) is 1.91. The molecule has 1 rings (SSSR count). The van der Waals surface area contributed by atoms with E-state index in [9.17, 15) is 0 Å². The molecule has 2 nitrogen and oxygen atoms in total. The van der Waals surface area contributed by atoms with E-state index < -0.39 is 0 Å². The molecule has 0 aromatic carbocycles. The van der Waals surface area contributed by atoms with E-state index >= 15 is 0 Å². The van der Waals surface area contributed by atoms with Crippen LogP contribution in [0.15, 0.2) is 6.20 Å².